The molecule has 0 saturated heterocycles. The zero-order valence-electron chi connectivity index (χ0n) is 9.79. The summed E-state index contributed by atoms with van der Waals surface area (Å²) in [7, 11) is 0. The van der Waals surface area contributed by atoms with Gasteiger partial charge in [-0.3, -0.25) is 10.5 Å². The van der Waals surface area contributed by atoms with Gasteiger partial charge in [-0.1, -0.05) is 6.92 Å². The van der Waals surface area contributed by atoms with E-state index < -0.39 is 0 Å². The summed E-state index contributed by atoms with van der Waals surface area (Å²) in [5.74, 6) is 0.226. The Morgan fingerprint density at radius 1 is 1.59 bits per heavy atom. The SMILES string of the molecule is CCc1[nH]nc(-c2ccsc2)c1CCC(=N)N. The van der Waals surface area contributed by atoms with E-state index in [2.05, 4.69) is 28.6 Å². The van der Waals surface area contributed by atoms with E-state index in [9.17, 15) is 0 Å². The Labute approximate surface area is 104 Å². The maximum atomic E-state index is 7.32. The maximum Gasteiger partial charge on any atom is 0.0963 e. The smallest absolute Gasteiger partial charge is 0.0963 e. The number of aryl methyl sites for hydroxylation is 1. The van der Waals surface area contributed by atoms with Crippen LogP contribution in [0.4, 0.5) is 0 Å². The van der Waals surface area contributed by atoms with Gasteiger partial charge < -0.3 is 5.73 Å². The average molecular weight is 248 g/mol. The first-order chi connectivity index (χ1) is 8.22. The minimum absolute atomic E-state index is 0.226. The molecule has 2 aromatic rings. The molecule has 17 heavy (non-hydrogen) atoms. The number of hydrogen-bond donors (Lipinski definition) is 3. The number of nitrogens with one attached hydrogen (secondary N) is 2. The Kier molecular flexibility index (Phi) is 3.58. The molecule has 0 saturated carbocycles. The van der Waals surface area contributed by atoms with Gasteiger partial charge in [-0.05, 0) is 24.3 Å². The zero-order valence-corrected chi connectivity index (χ0v) is 10.6. The molecule has 2 rings (SSSR count). The highest BCUT2D eigenvalue weighted by molar-refractivity contribution is 7.08. The molecule has 0 aromatic carbocycles. The number of aromatic amines is 1. The highest BCUT2D eigenvalue weighted by Gasteiger charge is 2.14. The summed E-state index contributed by atoms with van der Waals surface area (Å²) in [6, 6.07) is 2.07. The molecule has 0 atom stereocenters. The lowest BCUT2D eigenvalue weighted by atomic mass is 10.0. The summed E-state index contributed by atoms with van der Waals surface area (Å²) < 4.78 is 0. The van der Waals surface area contributed by atoms with E-state index in [0.29, 0.717) is 6.42 Å². The molecule has 0 radical (unpaired) electrons. The van der Waals surface area contributed by atoms with Crippen molar-refractivity contribution in [1.82, 2.24) is 10.2 Å². The minimum Gasteiger partial charge on any atom is -0.388 e. The first kappa shape index (κ1) is 11.9. The van der Waals surface area contributed by atoms with Crippen molar-refractivity contribution in [1.29, 1.82) is 5.41 Å². The standard InChI is InChI=1S/C12H16N4S/c1-2-10-9(3-4-11(13)14)12(16-15-10)8-5-6-17-7-8/h5-7H,2-4H2,1H3,(H3,13,14)(H,15,16). The monoisotopic (exact) mass is 248 g/mol. The van der Waals surface area contributed by atoms with E-state index in [4.69, 9.17) is 11.1 Å². The second-order valence-electron chi connectivity index (χ2n) is 3.92. The molecule has 0 fully saturated rings. The Morgan fingerprint density at radius 2 is 2.41 bits per heavy atom. The molecule has 5 heteroatoms. The molecular weight excluding hydrogens is 232 g/mol. The van der Waals surface area contributed by atoms with Crippen LogP contribution in [0.1, 0.15) is 24.6 Å². The Morgan fingerprint density at radius 3 is 3.00 bits per heavy atom. The van der Waals surface area contributed by atoms with Crippen LogP contribution in [0.2, 0.25) is 0 Å². The predicted octanol–water partition coefficient (Wildman–Crippen LogP) is 2.57. The van der Waals surface area contributed by atoms with Crippen molar-refractivity contribution in [3.63, 3.8) is 0 Å². The van der Waals surface area contributed by atoms with Crippen molar-refractivity contribution in [2.24, 2.45) is 5.73 Å². The fraction of sp³-hybridized carbons (Fsp3) is 0.333. The third-order valence-corrected chi connectivity index (χ3v) is 3.43. The molecule has 4 N–H and O–H groups in total. The third-order valence-electron chi connectivity index (χ3n) is 2.75. The quantitative estimate of drug-likeness (QED) is 0.561. The molecule has 0 aliphatic heterocycles. The van der Waals surface area contributed by atoms with Crippen LogP contribution in [0.25, 0.3) is 11.3 Å². The van der Waals surface area contributed by atoms with Crippen molar-refractivity contribution in [2.75, 3.05) is 0 Å². The van der Waals surface area contributed by atoms with Crippen LogP contribution < -0.4 is 5.73 Å². The van der Waals surface area contributed by atoms with Gasteiger partial charge in [0.15, 0.2) is 0 Å². The molecule has 90 valence electrons. The van der Waals surface area contributed by atoms with E-state index >= 15 is 0 Å². The largest absolute Gasteiger partial charge is 0.388 e. The van der Waals surface area contributed by atoms with Crippen LogP contribution in [0, 0.1) is 5.41 Å². The Balaban J connectivity index is 2.32. The van der Waals surface area contributed by atoms with Crippen LogP contribution >= 0.6 is 11.3 Å². The summed E-state index contributed by atoms with van der Waals surface area (Å²) in [6.45, 7) is 2.10. The van der Waals surface area contributed by atoms with Gasteiger partial charge in [0.25, 0.3) is 0 Å². The zero-order chi connectivity index (χ0) is 12.3. The third kappa shape index (κ3) is 2.55. The number of hydrogen-bond acceptors (Lipinski definition) is 3. The Bertz CT molecular complexity index is 499. The first-order valence-electron chi connectivity index (χ1n) is 5.64. The van der Waals surface area contributed by atoms with Gasteiger partial charge in [0.05, 0.1) is 11.5 Å². The van der Waals surface area contributed by atoms with Crippen LogP contribution in [0.5, 0.6) is 0 Å². The fourth-order valence-corrected chi connectivity index (χ4v) is 2.50. The number of nitrogens with two attached hydrogens (primary N) is 1. The van der Waals surface area contributed by atoms with E-state index in [-0.39, 0.29) is 5.84 Å². The molecular formula is C12H16N4S. The van der Waals surface area contributed by atoms with Crippen LogP contribution in [-0.2, 0) is 12.8 Å². The van der Waals surface area contributed by atoms with Crippen LogP contribution in [0.3, 0.4) is 0 Å². The van der Waals surface area contributed by atoms with Crippen molar-refractivity contribution < 1.29 is 0 Å². The summed E-state index contributed by atoms with van der Waals surface area (Å²) >= 11 is 1.66. The molecule has 0 aliphatic carbocycles. The van der Waals surface area contributed by atoms with Gasteiger partial charge in [0.2, 0.25) is 0 Å². The van der Waals surface area contributed by atoms with E-state index in [1.54, 1.807) is 11.3 Å². The predicted molar refractivity (Wildman–Crippen MR) is 71.5 cm³/mol. The van der Waals surface area contributed by atoms with Crippen molar-refractivity contribution in [3.8, 4) is 11.3 Å². The Hall–Kier alpha value is -1.62. The number of thiophene rings is 1. The van der Waals surface area contributed by atoms with Crippen molar-refractivity contribution in [2.45, 2.75) is 26.2 Å². The summed E-state index contributed by atoms with van der Waals surface area (Å²) in [5, 5.41) is 18.9. The number of amidine groups is 1. The average Bonchev–Trinajstić information content (AvgIpc) is 2.94. The second-order valence-corrected chi connectivity index (χ2v) is 4.70. The molecule has 2 heterocycles. The highest BCUT2D eigenvalue weighted by Crippen LogP contribution is 2.27. The van der Waals surface area contributed by atoms with E-state index in [1.165, 1.54) is 5.56 Å². The lowest BCUT2D eigenvalue weighted by molar-refractivity contribution is 0.939. The number of aromatic nitrogens is 2. The first-order valence-corrected chi connectivity index (χ1v) is 6.58. The number of rotatable bonds is 5. The number of nitrogens with zero attached hydrogens (tertiary/aromatic N) is 1. The highest BCUT2D eigenvalue weighted by atomic mass is 32.1. The van der Waals surface area contributed by atoms with Gasteiger partial charge in [-0.25, -0.2) is 0 Å². The van der Waals surface area contributed by atoms with Crippen molar-refractivity contribution in [3.05, 3.63) is 28.1 Å². The maximum absolute atomic E-state index is 7.32. The van der Waals surface area contributed by atoms with Gasteiger partial charge in [0, 0.05) is 28.6 Å². The normalized spacial score (nSPS) is 10.6. The summed E-state index contributed by atoms with van der Waals surface area (Å²) in [4.78, 5) is 0. The molecule has 0 unspecified atom stereocenters. The second kappa shape index (κ2) is 5.14. The number of H-pyrrole nitrogens is 1. The topological polar surface area (TPSA) is 78.5 Å². The van der Waals surface area contributed by atoms with Gasteiger partial charge in [-0.2, -0.15) is 16.4 Å². The van der Waals surface area contributed by atoms with E-state index in [0.717, 1.165) is 29.8 Å². The molecule has 2 aromatic heterocycles. The van der Waals surface area contributed by atoms with Gasteiger partial charge in [0.1, 0.15) is 0 Å². The lowest BCUT2D eigenvalue weighted by Crippen LogP contribution is -2.10. The lowest BCUT2D eigenvalue weighted by Gasteiger charge is -2.03. The molecule has 0 aliphatic rings. The molecule has 4 nitrogen and oxygen atoms in total. The van der Waals surface area contributed by atoms with Crippen molar-refractivity contribution >= 4 is 17.2 Å². The molecule has 0 bridgehead atoms. The van der Waals surface area contributed by atoms with E-state index in [1.807, 2.05) is 5.38 Å². The van der Waals surface area contributed by atoms with Crippen LogP contribution in [-0.4, -0.2) is 16.0 Å². The minimum atomic E-state index is 0.226. The molecule has 0 amide bonds. The summed E-state index contributed by atoms with van der Waals surface area (Å²) in [5.41, 5.74) is 9.91. The van der Waals surface area contributed by atoms with Crippen LogP contribution in [0.15, 0.2) is 16.8 Å². The van der Waals surface area contributed by atoms with Gasteiger partial charge >= 0.3 is 0 Å². The molecule has 0 spiro atoms. The fourth-order valence-electron chi connectivity index (χ4n) is 1.86. The summed E-state index contributed by atoms with van der Waals surface area (Å²) in [6.07, 6.45) is 2.29. The van der Waals surface area contributed by atoms with Gasteiger partial charge in [-0.15, -0.1) is 0 Å².